The minimum atomic E-state index is -5.78. The lowest BCUT2D eigenvalue weighted by atomic mass is 10.2. The quantitative estimate of drug-likeness (QED) is 0.0799. The molecule has 3 unspecified atom stereocenters. The molecular weight excluding hydrogens is 557 g/mol. The van der Waals surface area contributed by atoms with Gasteiger partial charge in [0.25, 0.3) is 5.56 Å². The van der Waals surface area contributed by atoms with E-state index in [0.29, 0.717) is 0 Å². The Hall–Kier alpha value is -2.19. The third-order valence-corrected chi connectivity index (χ3v) is 8.07. The fourth-order valence-electron chi connectivity index (χ4n) is 2.86. The van der Waals surface area contributed by atoms with Crippen molar-refractivity contribution >= 4 is 23.5 Å². The van der Waals surface area contributed by atoms with Crippen molar-refractivity contribution in [2.75, 3.05) is 6.61 Å². The molecule has 2 rings (SSSR count). The Labute approximate surface area is 200 Å². The predicted molar refractivity (Wildman–Crippen MR) is 113 cm³/mol. The largest absolute Gasteiger partial charge is 0.490 e. The van der Waals surface area contributed by atoms with Gasteiger partial charge in [-0.25, -0.2) is 25.1 Å². The van der Waals surface area contributed by atoms with Crippen LogP contribution >= 0.6 is 23.5 Å². The highest BCUT2D eigenvalue weighted by atomic mass is 31.3. The van der Waals surface area contributed by atoms with Gasteiger partial charge in [-0.3, -0.25) is 28.5 Å². The van der Waals surface area contributed by atoms with Crippen molar-refractivity contribution in [1.82, 2.24) is 9.55 Å². The summed E-state index contributed by atoms with van der Waals surface area (Å²) in [6.07, 6.45) is -3.00. The van der Waals surface area contributed by atoms with Crippen LogP contribution in [0.3, 0.4) is 0 Å². The average Bonchev–Trinajstić information content (AvgIpc) is 3.08. The lowest BCUT2D eigenvalue weighted by molar-refractivity contribution is -0.0991. The Morgan fingerprint density at radius 3 is 2.47 bits per heavy atom. The number of aromatic nitrogens is 2. The van der Waals surface area contributed by atoms with E-state index in [1.165, 1.54) is 6.92 Å². The molecule has 1 aliphatic heterocycles. The third kappa shape index (κ3) is 8.44. The van der Waals surface area contributed by atoms with E-state index in [2.05, 4.69) is 28.0 Å². The van der Waals surface area contributed by atoms with E-state index in [-0.39, 0.29) is 12.0 Å². The first-order valence-corrected chi connectivity index (χ1v) is 13.8. The van der Waals surface area contributed by atoms with Gasteiger partial charge in [-0.1, -0.05) is 0 Å². The van der Waals surface area contributed by atoms with Gasteiger partial charge in [-0.05, 0) is 12.5 Å². The van der Waals surface area contributed by atoms with Gasteiger partial charge in [0.2, 0.25) is 0 Å². The predicted octanol–water partition coefficient (Wildman–Crippen LogP) is 0.764. The zero-order chi connectivity index (χ0) is 27.5. The van der Waals surface area contributed by atoms with Gasteiger partial charge in [0.05, 0.1) is 12.7 Å². The number of nitrogens with zero attached hydrogens (tertiary/aromatic N) is 5. The molecule has 23 heteroatoms. The molecule has 0 bridgehead atoms. The van der Waals surface area contributed by atoms with Crippen molar-refractivity contribution < 1.29 is 55.9 Å². The summed E-state index contributed by atoms with van der Waals surface area (Å²) in [5, 5.41) is 3.21. The highest BCUT2D eigenvalue weighted by Crippen LogP contribution is 2.66. The Bertz CT molecular complexity index is 1340. The highest BCUT2D eigenvalue weighted by Gasteiger charge is 2.46. The average molecular weight is 576 g/mol. The van der Waals surface area contributed by atoms with E-state index in [9.17, 15) is 33.1 Å². The minimum Gasteiger partial charge on any atom is -0.349 e. The first-order valence-electron chi connectivity index (χ1n) is 9.28. The van der Waals surface area contributed by atoms with Crippen LogP contribution in [0.25, 0.3) is 15.3 Å². The van der Waals surface area contributed by atoms with Crippen LogP contribution in [0.15, 0.2) is 20.9 Å². The molecule has 0 saturated carbocycles. The third-order valence-electron chi connectivity index (χ3n) is 4.27. The number of rotatable bonds is 11. The van der Waals surface area contributed by atoms with Gasteiger partial charge in [-0.15, -0.1) is 0 Å². The fraction of sp³-hybridized carbons (Fsp3) is 0.615. The van der Waals surface area contributed by atoms with Crippen LogP contribution in [0.2, 0.25) is 0 Å². The Kier molecular flexibility index (Phi) is 9.22. The second kappa shape index (κ2) is 11.1. The molecular formula is C13H19N6O14P3. The first-order chi connectivity index (χ1) is 16.4. The van der Waals surface area contributed by atoms with Gasteiger partial charge in [-0.2, -0.15) is 8.62 Å². The number of hydrogen-bond acceptors (Lipinski definition) is 11. The molecule has 0 spiro atoms. The van der Waals surface area contributed by atoms with Crippen molar-refractivity contribution in [2.24, 2.45) is 5.11 Å². The van der Waals surface area contributed by atoms with Crippen molar-refractivity contribution in [1.29, 1.82) is 0 Å². The number of aryl methyl sites for hydroxylation is 1. The molecule has 2 heterocycles. The monoisotopic (exact) mass is 576 g/mol. The SMILES string of the molecule is [C-]#[N+]C(C)(N=[N+]=[N-])O[C@@H]1C[C@H](n2cc(C)c(=O)[nH]c2=O)O[C@@H]1COP(=O)(O)OP(=O)(O)OP(=O)(O)O. The molecule has 0 amide bonds. The van der Waals surface area contributed by atoms with Crippen molar-refractivity contribution in [3.8, 4) is 0 Å². The van der Waals surface area contributed by atoms with E-state index in [4.69, 9.17) is 31.4 Å². The van der Waals surface area contributed by atoms with Crippen molar-refractivity contribution in [2.45, 2.75) is 44.6 Å². The standard InChI is InChI=1S/C13H19N6O14P3/c1-7-5-19(12(21)16-11(7)20)10-4-8(31-13(2,15-3)17-18-14)9(30-10)6-29-35(25,26)33-36(27,28)32-34(22,23)24/h5,8-10H,4,6H2,1-2H3,(H,25,26)(H,27,28)(H,16,20,21)(H2,22,23,24)/t8-,9-,10-,13?/m1/s1. The van der Waals surface area contributed by atoms with Crippen LogP contribution in [0, 0.1) is 13.5 Å². The topological polar surface area (TPSA) is 286 Å². The lowest BCUT2D eigenvalue weighted by Crippen LogP contribution is -2.35. The Morgan fingerprint density at radius 1 is 1.28 bits per heavy atom. The summed E-state index contributed by atoms with van der Waals surface area (Å²) in [5.74, 6) is -2.13. The zero-order valence-electron chi connectivity index (χ0n) is 18.2. The normalized spacial score (nSPS) is 25.1. The molecule has 1 aliphatic rings. The summed E-state index contributed by atoms with van der Waals surface area (Å²) in [4.78, 5) is 67.5. The van der Waals surface area contributed by atoms with Crippen molar-refractivity contribution in [3.63, 3.8) is 0 Å². The molecule has 200 valence electrons. The van der Waals surface area contributed by atoms with Crippen LogP contribution in [0.1, 0.15) is 25.1 Å². The first kappa shape index (κ1) is 30.0. The summed E-state index contributed by atoms with van der Waals surface area (Å²) in [7, 11) is -16.9. The van der Waals surface area contributed by atoms with E-state index in [1.54, 1.807) is 0 Å². The summed E-state index contributed by atoms with van der Waals surface area (Å²) >= 11 is 0. The number of hydrogen-bond donors (Lipinski definition) is 5. The molecule has 1 aromatic rings. The highest BCUT2D eigenvalue weighted by molar-refractivity contribution is 7.66. The molecule has 1 saturated heterocycles. The van der Waals surface area contributed by atoms with Crippen molar-refractivity contribution in [3.05, 3.63) is 54.5 Å². The van der Waals surface area contributed by atoms with Gasteiger partial charge in [0, 0.05) is 35.1 Å². The number of ether oxygens (including phenoxy) is 2. The van der Waals surface area contributed by atoms with Gasteiger partial charge < -0.3 is 24.3 Å². The fourth-order valence-corrected chi connectivity index (χ4v) is 5.89. The molecule has 36 heavy (non-hydrogen) atoms. The molecule has 1 fully saturated rings. The van der Waals surface area contributed by atoms with Crippen LogP contribution in [-0.2, 0) is 36.3 Å². The molecule has 0 radical (unpaired) electrons. The second-order valence-corrected chi connectivity index (χ2v) is 11.5. The van der Waals surface area contributed by atoms with Gasteiger partial charge in [0.1, 0.15) is 12.3 Å². The molecule has 20 nitrogen and oxygen atoms in total. The van der Waals surface area contributed by atoms with Crippen LogP contribution in [0.5, 0.6) is 0 Å². The summed E-state index contributed by atoms with van der Waals surface area (Å²) < 4.78 is 58.1. The summed E-state index contributed by atoms with van der Waals surface area (Å²) in [6.45, 7) is 8.69. The molecule has 6 atom stereocenters. The number of aromatic amines is 1. The Balaban J connectivity index is 2.29. The van der Waals surface area contributed by atoms with E-state index in [0.717, 1.165) is 17.7 Å². The smallest absolute Gasteiger partial charge is 0.349 e. The summed E-state index contributed by atoms with van der Waals surface area (Å²) in [6, 6.07) is 0. The number of H-pyrrole nitrogens is 1. The van der Waals surface area contributed by atoms with Crippen LogP contribution in [-0.4, -0.2) is 53.8 Å². The molecule has 1 aromatic heterocycles. The maximum absolute atomic E-state index is 12.2. The number of phosphoric ester groups is 1. The summed E-state index contributed by atoms with van der Waals surface area (Å²) in [5.41, 5.74) is 7.24. The van der Waals surface area contributed by atoms with Crippen LogP contribution < -0.4 is 11.2 Å². The number of azide groups is 1. The molecule has 0 aliphatic carbocycles. The minimum absolute atomic E-state index is 0.118. The second-order valence-electron chi connectivity index (χ2n) is 7.12. The van der Waals surface area contributed by atoms with E-state index in [1.807, 2.05) is 4.98 Å². The number of phosphoric acid groups is 3. The van der Waals surface area contributed by atoms with E-state index < -0.39 is 65.6 Å². The maximum atomic E-state index is 12.2. The van der Waals surface area contributed by atoms with E-state index >= 15 is 0 Å². The Morgan fingerprint density at radius 2 is 1.92 bits per heavy atom. The van der Waals surface area contributed by atoms with Gasteiger partial charge >= 0.3 is 35.0 Å². The maximum Gasteiger partial charge on any atom is 0.490 e. The molecule has 0 aromatic carbocycles. The number of nitrogens with one attached hydrogen (secondary N) is 1. The van der Waals surface area contributed by atoms with Crippen LogP contribution in [0.4, 0.5) is 0 Å². The lowest BCUT2D eigenvalue weighted by Gasteiger charge is -2.23. The zero-order valence-corrected chi connectivity index (χ0v) is 20.9. The van der Waals surface area contributed by atoms with Gasteiger partial charge in [0.15, 0.2) is 0 Å². The molecule has 5 N–H and O–H groups in total.